The predicted octanol–water partition coefficient (Wildman–Crippen LogP) is 1.39. The lowest BCUT2D eigenvalue weighted by Gasteiger charge is -2.14. The summed E-state index contributed by atoms with van der Waals surface area (Å²) in [7, 11) is 1.80. The summed E-state index contributed by atoms with van der Waals surface area (Å²) in [5.41, 5.74) is 8.95. The summed E-state index contributed by atoms with van der Waals surface area (Å²) in [6.07, 6.45) is 6.03. The van der Waals surface area contributed by atoms with Crippen molar-refractivity contribution in [2.24, 2.45) is 5.73 Å². The Morgan fingerprint density at radius 3 is 2.76 bits per heavy atom. The van der Waals surface area contributed by atoms with Crippen molar-refractivity contribution in [3.8, 4) is 0 Å². The number of nitrogens with one attached hydrogen (secondary N) is 1. The van der Waals surface area contributed by atoms with Crippen LogP contribution in [0.4, 0.5) is 0 Å². The zero-order valence-electron chi connectivity index (χ0n) is 10.2. The van der Waals surface area contributed by atoms with Crippen molar-refractivity contribution in [2.75, 3.05) is 7.05 Å². The highest BCUT2D eigenvalue weighted by atomic mass is 16.1. The largest absolute Gasteiger partial charge is 0.387 e. The van der Waals surface area contributed by atoms with Gasteiger partial charge in [0.25, 0.3) is 0 Å². The van der Waals surface area contributed by atoms with Gasteiger partial charge in [0.15, 0.2) is 0 Å². The van der Waals surface area contributed by atoms with E-state index in [0.717, 1.165) is 11.3 Å². The maximum absolute atomic E-state index is 11.3. The monoisotopic (exact) mass is 231 g/mol. The molecule has 0 radical (unpaired) electrons. The normalized spacial score (nSPS) is 16.4. The molecule has 0 unspecified atom stereocenters. The van der Waals surface area contributed by atoms with Crippen molar-refractivity contribution >= 4 is 11.6 Å². The molecule has 3 N–H and O–H groups in total. The van der Waals surface area contributed by atoms with E-state index < -0.39 is 5.91 Å². The highest BCUT2D eigenvalue weighted by molar-refractivity contribution is 5.99. The van der Waals surface area contributed by atoms with Gasteiger partial charge in [0.05, 0.1) is 0 Å². The van der Waals surface area contributed by atoms with Gasteiger partial charge >= 0.3 is 0 Å². The first-order valence-corrected chi connectivity index (χ1v) is 5.78. The molecule has 0 saturated heterocycles. The van der Waals surface area contributed by atoms with Crippen LogP contribution < -0.4 is 11.1 Å². The molecule has 0 bridgehead atoms. The van der Waals surface area contributed by atoms with Gasteiger partial charge in [-0.2, -0.15) is 0 Å². The van der Waals surface area contributed by atoms with E-state index in [1.807, 2.05) is 12.3 Å². The molecule has 1 aromatic rings. The molecule has 4 heteroatoms. The van der Waals surface area contributed by atoms with E-state index >= 15 is 0 Å². The van der Waals surface area contributed by atoms with Gasteiger partial charge in [-0.1, -0.05) is 0 Å². The fourth-order valence-electron chi connectivity index (χ4n) is 2.00. The zero-order chi connectivity index (χ0) is 12.4. The molecule has 0 aromatic carbocycles. The maximum atomic E-state index is 11.3. The van der Waals surface area contributed by atoms with Crippen molar-refractivity contribution in [1.82, 2.24) is 10.3 Å². The van der Waals surface area contributed by atoms with Gasteiger partial charge in [0.2, 0.25) is 5.91 Å². The number of amides is 1. The molecule has 1 aliphatic carbocycles. The van der Waals surface area contributed by atoms with Crippen LogP contribution in [-0.2, 0) is 4.79 Å². The van der Waals surface area contributed by atoms with E-state index in [9.17, 15) is 4.79 Å². The number of aromatic nitrogens is 1. The van der Waals surface area contributed by atoms with Crippen LogP contribution in [0.3, 0.4) is 0 Å². The summed E-state index contributed by atoms with van der Waals surface area (Å²) in [4.78, 5) is 15.4. The third-order valence-corrected chi connectivity index (χ3v) is 3.13. The molecule has 0 aliphatic heterocycles. The first-order valence-electron chi connectivity index (χ1n) is 5.78. The standard InChI is InChI=1S/C13H17N3O/c1-8(13(14)17)12(15-2)10-5-6-16-7-11(10)9-3-4-9/h5-7,9,15H,3-4H2,1-2H3,(H2,14,17)/b12-8-. The highest BCUT2D eigenvalue weighted by Gasteiger charge is 2.27. The van der Waals surface area contributed by atoms with Crippen molar-refractivity contribution in [1.29, 1.82) is 0 Å². The molecule has 1 fully saturated rings. The molecular weight excluding hydrogens is 214 g/mol. The van der Waals surface area contributed by atoms with Gasteiger partial charge in [-0.15, -0.1) is 0 Å². The Morgan fingerprint density at radius 2 is 2.24 bits per heavy atom. The van der Waals surface area contributed by atoms with Crippen molar-refractivity contribution in [2.45, 2.75) is 25.7 Å². The topological polar surface area (TPSA) is 68.0 Å². The van der Waals surface area contributed by atoms with Crippen LogP contribution in [0.15, 0.2) is 24.0 Å². The number of hydrogen-bond acceptors (Lipinski definition) is 3. The summed E-state index contributed by atoms with van der Waals surface area (Å²) in [5, 5.41) is 3.07. The highest BCUT2D eigenvalue weighted by Crippen LogP contribution is 2.42. The zero-order valence-corrected chi connectivity index (χ0v) is 10.2. The number of primary amides is 1. The van der Waals surface area contributed by atoms with Gasteiger partial charge in [-0.3, -0.25) is 9.78 Å². The second-order valence-electron chi connectivity index (χ2n) is 4.35. The first-order chi connectivity index (χ1) is 8.15. The fourth-order valence-corrected chi connectivity index (χ4v) is 2.00. The third-order valence-electron chi connectivity index (χ3n) is 3.13. The fraction of sp³-hybridized carbons (Fsp3) is 0.385. The minimum Gasteiger partial charge on any atom is -0.387 e. The number of nitrogens with two attached hydrogens (primary N) is 1. The van der Waals surface area contributed by atoms with E-state index in [0.29, 0.717) is 11.5 Å². The third kappa shape index (κ3) is 2.30. The minimum absolute atomic E-state index is 0.395. The average Bonchev–Trinajstić information content (AvgIpc) is 3.14. The molecule has 1 saturated carbocycles. The molecule has 1 amide bonds. The lowest BCUT2D eigenvalue weighted by Crippen LogP contribution is -2.19. The van der Waals surface area contributed by atoms with E-state index in [1.165, 1.54) is 18.4 Å². The SMILES string of the molecule is CN/C(=C(/C)C(N)=O)c1ccncc1C1CC1. The predicted molar refractivity (Wildman–Crippen MR) is 67.1 cm³/mol. The Hall–Kier alpha value is -1.84. The summed E-state index contributed by atoms with van der Waals surface area (Å²) < 4.78 is 0. The molecule has 2 rings (SSSR count). The summed E-state index contributed by atoms with van der Waals surface area (Å²) in [6, 6.07) is 1.94. The summed E-state index contributed by atoms with van der Waals surface area (Å²) >= 11 is 0. The van der Waals surface area contributed by atoms with Gasteiger partial charge in [0, 0.05) is 36.3 Å². The number of nitrogens with zero attached hydrogens (tertiary/aromatic N) is 1. The second kappa shape index (κ2) is 4.57. The lowest BCUT2D eigenvalue weighted by molar-refractivity contribution is -0.114. The van der Waals surface area contributed by atoms with E-state index in [4.69, 9.17) is 5.73 Å². The van der Waals surface area contributed by atoms with Crippen molar-refractivity contribution in [3.05, 3.63) is 35.2 Å². The molecule has 1 aliphatic rings. The number of hydrogen-bond donors (Lipinski definition) is 2. The van der Waals surface area contributed by atoms with Crippen molar-refractivity contribution < 1.29 is 4.79 Å². The second-order valence-corrected chi connectivity index (χ2v) is 4.35. The van der Waals surface area contributed by atoms with E-state index in [1.54, 1.807) is 20.2 Å². The number of pyridine rings is 1. The van der Waals surface area contributed by atoms with Crippen LogP contribution in [-0.4, -0.2) is 17.9 Å². The average molecular weight is 231 g/mol. The summed E-state index contributed by atoms with van der Waals surface area (Å²) in [5.74, 6) is 0.190. The quantitative estimate of drug-likeness (QED) is 0.769. The number of carbonyl (C=O) groups excluding carboxylic acids is 1. The minimum atomic E-state index is -0.395. The molecule has 0 atom stereocenters. The van der Waals surface area contributed by atoms with Crippen molar-refractivity contribution in [3.63, 3.8) is 0 Å². The molecule has 90 valence electrons. The summed E-state index contributed by atoms with van der Waals surface area (Å²) in [6.45, 7) is 1.74. The Morgan fingerprint density at radius 1 is 1.53 bits per heavy atom. The van der Waals surface area contributed by atoms with Crippen LogP contribution in [0.25, 0.3) is 5.70 Å². The van der Waals surface area contributed by atoms with Crippen LogP contribution in [0.5, 0.6) is 0 Å². The number of rotatable bonds is 4. The Kier molecular flexibility index (Phi) is 3.13. The van der Waals surface area contributed by atoms with Crippen LogP contribution >= 0.6 is 0 Å². The Labute approximate surface area is 101 Å². The molecule has 1 aromatic heterocycles. The van der Waals surface area contributed by atoms with E-state index in [-0.39, 0.29) is 0 Å². The smallest absolute Gasteiger partial charge is 0.246 e. The molecule has 17 heavy (non-hydrogen) atoms. The molecule has 0 spiro atoms. The molecular formula is C13H17N3O. The number of carbonyl (C=O) groups is 1. The van der Waals surface area contributed by atoms with Gasteiger partial charge in [-0.05, 0) is 37.3 Å². The van der Waals surface area contributed by atoms with Crippen LogP contribution in [0, 0.1) is 0 Å². The van der Waals surface area contributed by atoms with Gasteiger partial charge in [0.1, 0.15) is 0 Å². The van der Waals surface area contributed by atoms with Gasteiger partial charge < -0.3 is 11.1 Å². The van der Waals surface area contributed by atoms with Crippen LogP contribution in [0.1, 0.15) is 36.8 Å². The molecule has 4 nitrogen and oxygen atoms in total. The lowest BCUT2D eigenvalue weighted by atomic mass is 10.00. The Balaban J connectivity index is 2.51. The van der Waals surface area contributed by atoms with Gasteiger partial charge in [-0.25, -0.2) is 0 Å². The maximum Gasteiger partial charge on any atom is 0.246 e. The van der Waals surface area contributed by atoms with E-state index in [2.05, 4.69) is 10.3 Å². The first kappa shape index (κ1) is 11.6. The molecule has 1 heterocycles. The van der Waals surface area contributed by atoms with Crippen LogP contribution in [0.2, 0.25) is 0 Å². The Bertz CT molecular complexity index is 475.